The molecular weight excluding hydrogens is 1090 g/mol. The van der Waals surface area contributed by atoms with Crippen LogP contribution in [0.4, 0.5) is 0 Å². The molecule has 18 aromatic rings. The Morgan fingerprint density at radius 2 is 0.494 bits per heavy atom. The zero-order chi connectivity index (χ0) is 57.1. The van der Waals surface area contributed by atoms with Crippen molar-refractivity contribution in [2.75, 3.05) is 0 Å². The number of fused-ring (bicyclic) bond motifs is 15. The summed E-state index contributed by atoms with van der Waals surface area (Å²) in [5, 5.41) is 15.3. The Labute approximate surface area is 511 Å². The van der Waals surface area contributed by atoms with Crippen LogP contribution in [0.15, 0.2) is 309 Å². The first-order valence-electron chi connectivity index (χ1n) is 29.9. The molecule has 0 spiro atoms. The van der Waals surface area contributed by atoms with E-state index in [-0.39, 0.29) is 0 Å². The monoisotopic (exact) mass is 1140 g/mol. The molecule has 0 aliphatic carbocycles. The predicted molar refractivity (Wildman–Crippen MR) is 377 cm³/mol. The smallest absolute Gasteiger partial charge is 0.0541 e. The van der Waals surface area contributed by atoms with Gasteiger partial charge in [-0.05, 0) is 190 Å². The number of rotatable bonds is 8. The van der Waals surface area contributed by atoms with Crippen LogP contribution in [0, 0.1) is 0 Å². The van der Waals surface area contributed by atoms with Crippen molar-refractivity contribution < 1.29 is 0 Å². The van der Waals surface area contributed by atoms with E-state index in [4.69, 9.17) is 0 Å². The van der Waals surface area contributed by atoms with Gasteiger partial charge in [-0.2, -0.15) is 0 Å². The van der Waals surface area contributed by atoms with Crippen molar-refractivity contribution in [3.05, 3.63) is 309 Å². The van der Waals surface area contributed by atoms with Crippen LogP contribution in [0.2, 0.25) is 0 Å². The summed E-state index contributed by atoms with van der Waals surface area (Å²) in [4.78, 5) is 0. The molecule has 0 aliphatic rings. The fraction of sp³-hybridized carbons (Fsp3) is 0. The molecule has 0 atom stereocenters. The van der Waals surface area contributed by atoms with Crippen molar-refractivity contribution in [2.24, 2.45) is 0 Å². The van der Waals surface area contributed by atoms with Crippen LogP contribution < -0.4 is 0 Å². The molecule has 0 saturated heterocycles. The van der Waals surface area contributed by atoms with E-state index in [9.17, 15) is 0 Å². The molecule has 0 radical (unpaired) electrons. The molecule has 87 heavy (non-hydrogen) atoms. The van der Waals surface area contributed by atoms with E-state index >= 15 is 0 Å². The third kappa shape index (κ3) is 8.19. The van der Waals surface area contributed by atoms with Gasteiger partial charge in [0.15, 0.2) is 0 Å². The number of nitrogens with zero attached hydrogens (tertiary/aromatic N) is 1. The minimum Gasteiger partial charge on any atom is -0.309 e. The first-order valence-corrected chi connectivity index (χ1v) is 31.5. The van der Waals surface area contributed by atoms with Gasteiger partial charge < -0.3 is 4.57 Å². The van der Waals surface area contributed by atoms with Gasteiger partial charge in [0.2, 0.25) is 0 Å². The number of hydrogen-bond acceptors (Lipinski definition) is 2. The maximum Gasteiger partial charge on any atom is 0.0541 e. The second-order valence-corrected chi connectivity index (χ2v) is 25.2. The number of hydrogen-bond donors (Lipinski definition) is 0. The van der Waals surface area contributed by atoms with Crippen molar-refractivity contribution >= 4 is 117 Å². The van der Waals surface area contributed by atoms with E-state index in [1.165, 1.54) is 172 Å². The van der Waals surface area contributed by atoms with Gasteiger partial charge in [0.25, 0.3) is 0 Å². The van der Waals surface area contributed by atoms with Crippen molar-refractivity contribution in [3.63, 3.8) is 0 Å². The lowest BCUT2D eigenvalue weighted by Gasteiger charge is -2.13. The van der Waals surface area contributed by atoms with Crippen LogP contribution in [0.25, 0.3) is 178 Å². The van der Waals surface area contributed by atoms with Crippen LogP contribution in [-0.2, 0) is 0 Å². The molecule has 3 aromatic heterocycles. The van der Waals surface area contributed by atoms with Crippen molar-refractivity contribution in [3.8, 4) is 83.6 Å². The quantitative estimate of drug-likeness (QED) is 0.134. The summed E-state index contributed by atoms with van der Waals surface area (Å²) in [5.41, 5.74) is 20.5. The average molecular weight is 1140 g/mol. The van der Waals surface area contributed by atoms with Gasteiger partial charge in [-0.3, -0.25) is 0 Å². The summed E-state index contributed by atoms with van der Waals surface area (Å²) in [7, 11) is 0. The highest BCUT2D eigenvalue weighted by Gasteiger charge is 2.21. The molecule has 0 bridgehead atoms. The fourth-order valence-corrected chi connectivity index (χ4v) is 16.3. The molecule has 0 N–H and O–H groups in total. The molecule has 3 heterocycles. The lowest BCUT2D eigenvalue weighted by Crippen LogP contribution is -1.94. The van der Waals surface area contributed by atoms with Crippen molar-refractivity contribution in [1.29, 1.82) is 0 Å². The average Bonchev–Trinajstić information content (AvgIpc) is 2.64. The van der Waals surface area contributed by atoms with E-state index < -0.39 is 0 Å². The molecule has 0 unspecified atom stereocenters. The van der Waals surface area contributed by atoms with Crippen molar-refractivity contribution in [1.82, 2.24) is 4.57 Å². The maximum absolute atomic E-state index is 2.49. The molecule has 0 aliphatic heterocycles. The largest absolute Gasteiger partial charge is 0.309 e. The molecule has 15 aromatic carbocycles. The summed E-state index contributed by atoms with van der Waals surface area (Å²) >= 11 is 3.80. The van der Waals surface area contributed by atoms with E-state index in [0.29, 0.717) is 0 Å². The Morgan fingerprint density at radius 3 is 0.931 bits per heavy atom. The molecule has 404 valence electrons. The zero-order valence-corrected chi connectivity index (χ0v) is 48.8. The second-order valence-electron chi connectivity index (χ2n) is 23.1. The third-order valence-electron chi connectivity index (χ3n) is 18.2. The molecule has 3 heteroatoms. The van der Waals surface area contributed by atoms with Gasteiger partial charge in [-0.15, -0.1) is 22.7 Å². The summed E-state index contributed by atoms with van der Waals surface area (Å²) < 4.78 is 7.65. The standard InChI is InChI=1S/C84H51NS2/c1-5-17-52(18-6-1)58-34-41-81-75(44-58)77-50-62(54-21-9-3-10-22-54)48-70(83(77)86-81)60-32-39-79-73(46-60)74-47-61(71-49-63(55-23-11-4-12-24-55)51-78-76-45-59(53-19-7-2-8-20-53)35-42-82(76)87-84(71)78)33-40-80(74)85(79)64-36-29-56(30-37-64)57-31-38-69-67-27-14-13-25-65(67)66-26-15-16-28-68(66)72(69)43-57/h1-51H. The highest BCUT2D eigenvalue weighted by molar-refractivity contribution is 7.26. The Bertz CT molecular complexity index is 5480. The first kappa shape index (κ1) is 49.7. The molecular formula is C84H51NS2. The lowest BCUT2D eigenvalue weighted by atomic mass is 9.92. The maximum atomic E-state index is 2.49. The molecule has 1 nitrogen and oxygen atoms in total. The summed E-state index contributed by atoms with van der Waals surface area (Å²) in [6.45, 7) is 0. The van der Waals surface area contributed by atoms with Crippen LogP contribution in [0.5, 0.6) is 0 Å². The summed E-state index contributed by atoms with van der Waals surface area (Å²) in [5.74, 6) is 0. The molecule has 18 rings (SSSR count). The number of benzene rings is 15. The number of thiophene rings is 2. The van der Waals surface area contributed by atoms with Gasteiger partial charge in [0, 0.05) is 67.9 Å². The lowest BCUT2D eigenvalue weighted by molar-refractivity contribution is 1.18. The fourth-order valence-electron chi connectivity index (χ4n) is 13.9. The van der Waals surface area contributed by atoms with Gasteiger partial charge in [0.1, 0.15) is 0 Å². The predicted octanol–water partition coefficient (Wildman–Crippen LogP) is 24.6. The molecule has 0 amide bonds. The Hall–Kier alpha value is -10.7. The van der Waals surface area contributed by atoms with Crippen LogP contribution in [-0.4, -0.2) is 4.57 Å². The van der Waals surface area contributed by atoms with Crippen LogP contribution in [0.1, 0.15) is 0 Å². The summed E-state index contributed by atoms with van der Waals surface area (Å²) in [6.07, 6.45) is 0. The first-order chi connectivity index (χ1) is 43.1. The van der Waals surface area contributed by atoms with Gasteiger partial charge in [-0.25, -0.2) is 0 Å². The van der Waals surface area contributed by atoms with Crippen LogP contribution in [0.3, 0.4) is 0 Å². The normalized spacial score (nSPS) is 11.9. The number of aromatic nitrogens is 1. The highest BCUT2D eigenvalue weighted by atomic mass is 32.1. The molecule has 0 fully saturated rings. The SMILES string of the molecule is c1ccc(-c2ccc3sc4c(-c5ccc6c(c5)c5cc(-c7cc(-c8ccccc8)cc8c7sc7ccc(-c9ccccc9)cc78)ccc5n6-c5ccc(-c6ccc7c8ccccc8c8ccccc8c7c6)cc5)cc(-c5ccccc5)cc4c3c2)cc1. The highest BCUT2D eigenvalue weighted by Crippen LogP contribution is 2.49. The third-order valence-corrected chi connectivity index (χ3v) is 20.6. The van der Waals surface area contributed by atoms with Crippen molar-refractivity contribution in [2.45, 2.75) is 0 Å². The Kier molecular flexibility index (Phi) is 11.4. The van der Waals surface area contributed by atoms with E-state index in [1.807, 2.05) is 22.7 Å². The van der Waals surface area contributed by atoms with Gasteiger partial charge >= 0.3 is 0 Å². The molecule has 0 saturated carbocycles. The topological polar surface area (TPSA) is 4.93 Å². The second kappa shape index (κ2) is 20.0. The van der Waals surface area contributed by atoms with Gasteiger partial charge in [-0.1, -0.05) is 218 Å². The minimum absolute atomic E-state index is 1.12. The zero-order valence-electron chi connectivity index (χ0n) is 47.2. The minimum atomic E-state index is 1.12. The Morgan fingerprint density at radius 1 is 0.184 bits per heavy atom. The van der Waals surface area contributed by atoms with Gasteiger partial charge in [0.05, 0.1) is 11.0 Å². The van der Waals surface area contributed by atoms with Crippen LogP contribution >= 0.6 is 22.7 Å². The Balaban J connectivity index is 0.852. The van der Waals surface area contributed by atoms with E-state index in [0.717, 1.165) is 5.69 Å². The summed E-state index contributed by atoms with van der Waals surface area (Å²) in [6, 6.07) is 115. The van der Waals surface area contributed by atoms with E-state index in [1.54, 1.807) is 0 Å². The van der Waals surface area contributed by atoms with E-state index in [2.05, 4.69) is 314 Å².